The molecule has 0 aromatic heterocycles. The zero-order valence-corrected chi connectivity index (χ0v) is 39.2. The molecule has 0 amide bonds. The number of hydrogen-bond donors (Lipinski definition) is 0. The number of hydrogen-bond acceptors (Lipinski definition) is 3. The molecule has 0 bridgehead atoms. The van der Waals surface area contributed by atoms with Crippen LogP contribution in [0.2, 0.25) is 0 Å². The van der Waals surface area contributed by atoms with Crippen molar-refractivity contribution in [1.29, 1.82) is 0 Å². The molecule has 2 atom stereocenters. The van der Waals surface area contributed by atoms with Crippen molar-refractivity contribution in [1.82, 2.24) is 0 Å². The van der Waals surface area contributed by atoms with E-state index >= 15 is 0 Å². The fourth-order valence-corrected chi connectivity index (χ4v) is 13.2. The van der Waals surface area contributed by atoms with Crippen LogP contribution < -0.4 is 31.1 Å². The second-order valence-corrected chi connectivity index (χ2v) is 22.2. The molecule has 4 aliphatic heterocycles. The summed E-state index contributed by atoms with van der Waals surface area (Å²) < 4.78 is 0. The largest absolute Gasteiger partial charge is 0.334 e. The second-order valence-electron chi connectivity index (χ2n) is 22.2. The molecule has 318 valence electrons. The quantitative estimate of drug-likeness (QED) is 0.164. The van der Waals surface area contributed by atoms with Crippen molar-refractivity contribution in [3.8, 4) is 0 Å². The number of fused-ring (bicyclic) bond motifs is 3. The number of nitrogens with zero attached hydrogens (tertiary/aromatic N) is 3. The molecular formula is C60H60BN3. The Morgan fingerprint density at radius 2 is 0.906 bits per heavy atom. The van der Waals surface area contributed by atoms with Gasteiger partial charge in [-0.15, -0.1) is 0 Å². The molecule has 5 aliphatic rings. The average molecular weight is 834 g/mol. The van der Waals surface area contributed by atoms with Gasteiger partial charge < -0.3 is 14.7 Å². The van der Waals surface area contributed by atoms with Crippen LogP contribution in [0.4, 0.5) is 45.5 Å². The first-order valence-corrected chi connectivity index (χ1v) is 23.9. The van der Waals surface area contributed by atoms with Gasteiger partial charge in [-0.3, -0.25) is 0 Å². The van der Waals surface area contributed by atoms with Crippen LogP contribution in [0, 0.1) is 0 Å². The number of para-hydroxylation sites is 1. The Labute approximate surface area is 381 Å². The van der Waals surface area contributed by atoms with Crippen LogP contribution in [0.25, 0.3) is 0 Å². The summed E-state index contributed by atoms with van der Waals surface area (Å²) in [5.41, 5.74) is 22.3. The third-order valence-electron chi connectivity index (χ3n) is 16.8. The van der Waals surface area contributed by atoms with Crippen molar-refractivity contribution in [2.75, 3.05) is 14.7 Å². The first-order valence-electron chi connectivity index (χ1n) is 23.9. The van der Waals surface area contributed by atoms with Crippen molar-refractivity contribution in [2.24, 2.45) is 0 Å². The second kappa shape index (κ2) is 13.3. The van der Waals surface area contributed by atoms with Gasteiger partial charge in [0.25, 0.3) is 6.71 Å². The van der Waals surface area contributed by atoms with Gasteiger partial charge in [0.2, 0.25) is 0 Å². The molecule has 1 saturated carbocycles. The highest BCUT2D eigenvalue weighted by atomic mass is 15.3. The highest BCUT2D eigenvalue weighted by Crippen LogP contribution is 2.62. The molecule has 2 unspecified atom stereocenters. The minimum absolute atomic E-state index is 0.0359. The van der Waals surface area contributed by atoms with E-state index in [2.05, 4.69) is 229 Å². The highest BCUT2D eigenvalue weighted by molar-refractivity contribution is 7.01. The van der Waals surface area contributed by atoms with Crippen LogP contribution in [0.15, 0.2) is 152 Å². The molecule has 1 fully saturated rings. The summed E-state index contributed by atoms with van der Waals surface area (Å²) >= 11 is 0. The fourth-order valence-electron chi connectivity index (χ4n) is 13.2. The first kappa shape index (κ1) is 39.6. The Hall–Kier alpha value is -6.00. The van der Waals surface area contributed by atoms with Crippen LogP contribution in [-0.2, 0) is 21.7 Å². The van der Waals surface area contributed by atoms with Crippen molar-refractivity contribution in [2.45, 2.75) is 115 Å². The van der Waals surface area contributed by atoms with E-state index in [9.17, 15) is 0 Å². The maximum Gasteiger partial charge on any atom is 0.252 e. The van der Waals surface area contributed by atoms with Crippen LogP contribution in [0.1, 0.15) is 121 Å². The predicted octanol–water partition coefficient (Wildman–Crippen LogP) is 13.8. The molecule has 0 N–H and O–H groups in total. The molecule has 3 nitrogen and oxygen atoms in total. The molecule has 0 saturated heterocycles. The van der Waals surface area contributed by atoms with Gasteiger partial charge in [-0.1, -0.05) is 158 Å². The molecule has 0 spiro atoms. The van der Waals surface area contributed by atoms with Crippen LogP contribution >= 0.6 is 0 Å². The molecule has 12 rings (SSSR count). The van der Waals surface area contributed by atoms with Crippen molar-refractivity contribution >= 4 is 68.6 Å². The van der Waals surface area contributed by atoms with Gasteiger partial charge in [-0.05, 0) is 142 Å². The lowest BCUT2D eigenvalue weighted by Crippen LogP contribution is -2.67. The summed E-state index contributed by atoms with van der Waals surface area (Å²) in [4.78, 5) is 8.06. The zero-order chi connectivity index (χ0) is 44.1. The molecule has 4 heteroatoms. The Kier molecular flexibility index (Phi) is 8.22. The van der Waals surface area contributed by atoms with Crippen molar-refractivity contribution in [3.05, 3.63) is 185 Å². The van der Waals surface area contributed by atoms with Crippen LogP contribution in [-0.4, -0.2) is 12.3 Å². The van der Waals surface area contributed by atoms with Gasteiger partial charge >= 0.3 is 0 Å². The van der Waals surface area contributed by atoms with E-state index in [1.54, 1.807) is 0 Å². The average Bonchev–Trinajstić information content (AvgIpc) is 3.50. The predicted molar refractivity (Wildman–Crippen MR) is 273 cm³/mol. The molecule has 0 radical (unpaired) electrons. The lowest BCUT2D eigenvalue weighted by atomic mass is 9.28. The Morgan fingerprint density at radius 3 is 1.44 bits per heavy atom. The highest BCUT2D eigenvalue weighted by Gasteiger charge is 2.59. The summed E-state index contributed by atoms with van der Waals surface area (Å²) in [7, 11) is 0. The van der Waals surface area contributed by atoms with Gasteiger partial charge in [0.05, 0.1) is 5.54 Å². The van der Waals surface area contributed by atoms with E-state index in [-0.39, 0.29) is 33.9 Å². The summed E-state index contributed by atoms with van der Waals surface area (Å²) in [6.07, 6.45) is 4.85. The lowest BCUT2D eigenvalue weighted by molar-refractivity contribution is 0.195. The molecule has 1 aliphatic carbocycles. The Balaban J connectivity index is 1.21. The summed E-state index contributed by atoms with van der Waals surface area (Å²) in [6, 6.07) is 59.1. The minimum atomic E-state index is -0.383. The maximum atomic E-state index is 2.78. The first-order chi connectivity index (χ1) is 30.6. The number of rotatable bonds is 4. The van der Waals surface area contributed by atoms with Gasteiger partial charge in [-0.2, -0.15) is 0 Å². The smallest absolute Gasteiger partial charge is 0.252 e. The van der Waals surface area contributed by atoms with E-state index in [0.29, 0.717) is 0 Å². The fraction of sp³-hybridized carbons (Fsp3) is 0.300. The lowest BCUT2D eigenvalue weighted by Gasteiger charge is -2.53. The number of anilines is 8. The monoisotopic (exact) mass is 833 g/mol. The van der Waals surface area contributed by atoms with Crippen molar-refractivity contribution < 1.29 is 0 Å². The maximum absolute atomic E-state index is 2.78. The van der Waals surface area contributed by atoms with Crippen LogP contribution in [0.3, 0.4) is 0 Å². The molecule has 64 heavy (non-hydrogen) atoms. The summed E-state index contributed by atoms with van der Waals surface area (Å²) in [5.74, 6) is 0. The molecule has 7 aromatic carbocycles. The summed E-state index contributed by atoms with van der Waals surface area (Å²) in [6.45, 7) is 21.6. The zero-order valence-electron chi connectivity index (χ0n) is 39.2. The third-order valence-corrected chi connectivity index (χ3v) is 16.8. The van der Waals surface area contributed by atoms with Gasteiger partial charge in [0, 0.05) is 56.3 Å². The molecule has 4 heterocycles. The van der Waals surface area contributed by atoms with E-state index in [4.69, 9.17) is 0 Å². The van der Waals surface area contributed by atoms with Gasteiger partial charge in [-0.25, -0.2) is 0 Å². The topological polar surface area (TPSA) is 9.72 Å². The normalized spacial score (nSPS) is 21.1. The van der Waals surface area contributed by atoms with E-state index in [1.807, 2.05) is 0 Å². The van der Waals surface area contributed by atoms with Crippen molar-refractivity contribution in [3.63, 3.8) is 0 Å². The molecule has 7 aromatic rings. The minimum Gasteiger partial charge on any atom is -0.334 e. The van der Waals surface area contributed by atoms with E-state index < -0.39 is 0 Å². The molecular weight excluding hydrogens is 773 g/mol. The van der Waals surface area contributed by atoms with Gasteiger partial charge in [0.15, 0.2) is 0 Å². The van der Waals surface area contributed by atoms with E-state index in [0.717, 1.165) is 6.42 Å². The Bertz CT molecular complexity index is 2890. The summed E-state index contributed by atoms with van der Waals surface area (Å²) in [5, 5.41) is 0. The van der Waals surface area contributed by atoms with Gasteiger partial charge in [0.1, 0.15) is 0 Å². The SMILES string of the molecule is CC(C)(C)c1ccc(N2c3cc(N4c5ccccc5C5(C)CCCCC45C)cc4c3B3c5c2cccc5C(C)(c2ccccc2)c2cccc(c23)N4c2ccc(C(C)(C)C)cc2)cc1. The Morgan fingerprint density at radius 1 is 0.438 bits per heavy atom. The standard InChI is InChI=1S/C60H60BN3/c1-56(2,3)39-27-31-42(32-28-39)62-49-25-17-22-46-53(49)61-54-47(60(46,9)41-19-11-10-12-20-41)23-18-26-50(54)63(43-33-29-40(30-34-43)57(4,5)6)52-38-44(37-51(62)55(52)61)64-48-24-14-13-21-45(48)58(7)35-15-16-36-59(58,64)8/h10-14,17-34,37-38H,15-16,35-36H2,1-9H3. The van der Waals surface area contributed by atoms with E-state index in [1.165, 1.54) is 115 Å². The van der Waals surface area contributed by atoms with Crippen LogP contribution in [0.5, 0.6) is 0 Å². The third kappa shape index (κ3) is 5.17. The number of benzene rings is 7.